The molecule has 2 rings (SSSR count). The summed E-state index contributed by atoms with van der Waals surface area (Å²) in [5, 5.41) is 3.48. The lowest BCUT2D eigenvalue weighted by molar-refractivity contribution is 0.552. The van der Waals surface area contributed by atoms with Crippen LogP contribution >= 0.6 is 0 Å². The molecule has 0 aliphatic carbocycles. The van der Waals surface area contributed by atoms with Gasteiger partial charge < -0.3 is 5.32 Å². The van der Waals surface area contributed by atoms with E-state index >= 15 is 0 Å². The molecule has 1 aromatic carbocycles. The fraction of sp³-hybridized carbons (Fsp3) is 0.600. The molecule has 1 nitrogen and oxygen atoms in total. The molecule has 1 heterocycles. The van der Waals surface area contributed by atoms with Crippen LogP contribution in [0.1, 0.15) is 43.4 Å². The number of nitrogens with one attached hydrogen (secondary N) is 1. The van der Waals surface area contributed by atoms with E-state index in [1.54, 1.807) is 16.7 Å². The van der Waals surface area contributed by atoms with Crippen LogP contribution in [0.2, 0.25) is 0 Å². The Balaban J connectivity index is 2.03. The molecule has 0 bridgehead atoms. The van der Waals surface area contributed by atoms with Gasteiger partial charge in [0.05, 0.1) is 0 Å². The minimum atomic E-state index is 0.831. The van der Waals surface area contributed by atoms with Crippen molar-refractivity contribution in [2.75, 3.05) is 6.54 Å². The van der Waals surface area contributed by atoms with Crippen molar-refractivity contribution in [2.24, 2.45) is 5.92 Å². The second-order valence-electron chi connectivity index (χ2n) is 5.27. The normalized spacial score (nSPS) is 15.2. The summed E-state index contributed by atoms with van der Waals surface area (Å²) in [5.41, 5.74) is 4.73. The third kappa shape index (κ3) is 2.85. The fourth-order valence-corrected chi connectivity index (χ4v) is 2.52. The molecule has 1 aliphatic rings. The lowest BCUT2D eigenvalue weighted by Crippen LogP contribution is -2.24. The second kappa shape index (κ2) is 5.49. The standard InChI is InChI=1S/C15H23N/c1-12(2)5-3-6-13-7-4-8-14-9-10-16-11-15(13)14/h4,7-8,12,16H,3,5-6,9-11H2,1-2H3. The first-order valence-electron chi connectivity index (χ1n) is 6.57. The summed E-state index contributed by atoms with van der Waals surface area (Å²) in [6.07, 6.45) is 5.13. The predicted molar refractivity (Wildman–Crippen MR) is 69.6 cm³/mol. The van der Waals surface area contributed by atoms with Crippen molar-refractivity contribution in [3.05, 3.63) is 34.9 Å². The second-order valence-corrected chi connectivity index (χ2v) is 5.27. The van der Waals surface area contributed by atoms with Crippen LogP contribution in [0, 0.1) is 5.92 Å². The van der Waals surface area contributed by atoms with E-state index < -0.39 is 0 Å². The van der Waals surface area contributed by atoms with Crippen LogP contribution in [-0.4, -0.2) is 6.54 Å². The van der Waals surface area contributed by atoms with Crippen molar-refractivity contribution >= 4 is 0 Å². The van der Waals surface area contributed by atoms with Crippen molar-refractivity contribution in [3.63, 3.8) is 0 Å². The summed E-state index contributed by atoms with van der Waals surface area (Å²) in [4.78, 5) is 0. The van der Waals surface area contributed by atoms with E-state index in [2.05, 4.69) is 37.4 Å². The zero-order valence-corrected chi connectivity index (χ0v) is 10.6. The van der Waals surface area contributed by atoms with Gasteiger partial charge >= 0.3 is 0 Å². The molecule has 0 spiro atoms. The molecule has 16 heavy (non-hydrogen) atoms. The van der Waals surface area contributed by atoms with E-state index in [0.717, 1.165) is 19.0 Å². The summed E-state index contributed by atoms with van der Waals surface area (Å²) in [7, 11) is 0. The molecule has 0 saturated heterocycles. The zero-order chi connectivity index (χ0) is 11.4. The van der Waals surface area contributed by atoms with Crippen LogP contribution in [0.25, 0.3) is 0 Å². The molecule has 88 valence electrons. The van der Waals surface area contributed by atoms with Gasteiger partial charge in [-0.05, 0) is 48.4 Å². The quantitative estimate of drug-likeness (QED) is 0.816. The molecule has 1 heteroatoms. The summed E-state index contributed by atoms with van der Waals surface area (Å²) >= 11 is 0. The topological polar surface area (TPSA) is 12.0 Å². The van der Waals surface area contributed by atoms with Crippen molar-refractivity contribution in [1.29, 1.82) is 0 Å². The van der Waals surface area contributed by atoms with Crippen molar-refractivity contribution in [1.82, 2.24) is 5.32 Å². The predicted octanol–water partition coefficient (Wildman–Crippen LogP) is 3.31. The zero-order valence-electron chi connectivity index (χ0n) is 10.6. The monoisotopic (exact) mass is 217 g/mol. The molecule has 0 unspecified atom stereocenters. The lowest BCUT2D eigenvalue weighted by Gasteiger charge is -2.20. The van der Waals surface area contributed by atoms with Gasteiger partial charge in [-0.3, -0.25) is 0 Å². The highest BCUT2D eigenvalue weighted by molar-refractivity contribution is 5.37. The first-order chi connectivity index (χ1) is 7.77. The first-order valence-corrected chi connectivity index (χ1v) is 6.57. The highest BCUT2D eigenvalue weighted by atomic mass is 14.9. The molecular weight excluding hydrogens is 194 g/mol. The molecule has 0 aromatic heterocycles. The Morgan fingerprint density at radius 3 is 3.00 bits per heavy atom. The van der Waals surface area contributed by atoms with Crippen molar-refractivity contribution in [2.45, 2.75) is 46.1 Å². The third-order valence-corrected chi connectivity index (χ3v) is 3.47. The Labute approximate surface area is 99.3 Å². The summed E-state index contributed by atoms with van der Waals surface area (Å²) in [5.74, 6) is 0.831. The molecule has 0 amide bonds. The highest BCUT2D eigenvalue weighted by Crippen LogP contribution is 2.20. The van der Waals surface area contributed by atoms with Crippen molar-refractivity contribution in [3.8, 4) is 0 Å². The molecule has 1 N–H and O–H groups in total. The number of rotatable bonds is 4. The van der Waals surface area contributed by atoms with Crippen molar-refractivity contribution < 1.29 is 0 Å². The largest absolute Gasteiger partial charge is 0.312 e. The lowest BCUT2D eigenvalue weighted by atomic mass is 9.92. The molecule has 1 aromatic rings. The van der Waals surface area contributed by atoms with Crippen LogP contribution in [-0.2, 0) is 19.4 Å². The fourth-order valence-electron chi connectivity index (χ4n) is 2.52. The third-order valence-electron chi connectivity index (χ3n) is 3.47. The van der Waals surface area contributed by atoms with Gasteiger partial charge in [0.15, 0.2) is 0 Å². The van der Waals surface area contributed by atoms with Gasteiger partial charge in [0.2, 0.25) is 0 Å². The van der Waals surface area contributed by atoms with E-state index in [4.69, 9.17) is 0 Å². The number of hydrogen-bond acceptors (Lipinski definition) is 1. The number of hydrogen-bond donors (Lipinski definition) is 1. The van der Waals surface area contributed by atoms with Crippen LogP contribution in [0.5, 0.6) is 0 Å². The Hall–Kier alpha value is -0.820. The van der Waals surface area contributed by atoms with Crippen LogP contribution in [0.4, 0.5) is 0 Å². The van der Waals surface area contributed by atoms with Gasteiger partial charge in [0, 0.05) is 6.54 Å². The first kappa shape index (κ1) is 11.7. The van der Waals surface area contributed by atoms with E-state index in [9.17, 15) is 0 Å². The van der Waals surface area contributed by atoms with Gasteiger partial charge in [-0.2, -0.15) is 0 Å². The van der Waals surface area contributed by atoms with E-state index in [0.29, 0.717) is 0 Å². The molecule has 0 atom stereocenters. The van der Waals surface area contributed by atoms with Crippen LogP contribution in [0.3, 0.4) is 0 Å². The maximum atomic E-state index is 3.48. The minimum Gasteiger partial charge on any atom is -0.312 e. The number of aryl methyl sites for hydroxylation is 1. The molecular formula is C15H23N. The van der Waals surface area contributed by atoms with Gasteiger partial charge in [0.1, 0.15) is 0 Å². The van der Waals surface area contributed by atoms with E-state index in [1.165, 1.54) is 25.7 Å². The molecule has 1 aliphatic heterocycles. The van der Waals surface area contributed by atoms with Crippen LogP contribution < -0.4 is 5.32 Å². The minimum absolute atomic E-state index is 0.831. The average Bonchev–Trinajstić information content (AvgIpc) is 2.29. The molecule has 0 saturated carbocycles. The van der Waals surface area contributed by atoms with E-state index in [1.807, 2.05) is 0 Å². The Bertz CT molecular complexity index is 341. The maximum absolute atomic E-state index is 3.48. The van der Waals surface area contributed by atoms with Gasteiger partial charge in [-0.25, -0.2) is 0 Å². The average molecular weight is 217 g/mol. The molecule has 0 radical (unpaired) electrons. The van der Waals surface area contributed by atoms with E-state index in [-0.39, 0.29) is 0 Å². The summed E-state index contributed by atoms with van der Waals surface area (Å²) < 4.78 is 0. The number of benzene rings is 1. The Morgan fingerprint density at radius 2 is 2.19 bits per heavy atom. The number of fused-ring (bicyclic) bond motifs is 1. The highest BCUT2D eigenvalue weighted by Gasteiger charge is 2.11. The summed E-state index contributed by atoms with van der Waals surface area (Å²) in [6.45, 7) is 6.83. The Morgan fingerprint density at radius 1 is 1.31 bits per heavy atom. The Kier molecular flexibility index (Phi) is 4.00. The van der Waals surface area contributed by atoms with Gasteiger partial charge in [-0.1, -0.05) is 38.5 Å². The van der Waals surface area contributed by atoms with Crippen LogP contribution in [0.15, 0.2) is 18.2 Å². The molecule has 0 fully saturated rings. The van der Waals surface area contributed by atoms with Gasteiger partial charge in [0.25, 0.3) is 0 Å². The summed E-state index contributed by atoms with van der Waals surface area (Å²) in [6, 6.07) is 6.84. The SMILES string of the molecule is CC(C)CCCc1cccc2c1CNCC2. The van der Waals surface area contributed by atoms with Gasteiger partial charge in [-0.15, -0.1) is 0 Å². The maximum Gasteiger partial charge on any atom is 0.0211 e. The smallest absolute Gasteiger partial charge is 0.0211 e.